The molecule has 0 aliphatic rings. The number of ether oxygens (including phenoxy) is 3. The predicted octanol–water partition coefficient (Wildman–Crippen LogP) is 5.76. The van der Waals surface area contributed by atoms with Crippen LogP contribution in [0.5, 0.6) is 0 Å². The quantitative estimate of drug-likeness (QED) is 0.139. The molecule has 3 aromatic carbocycles. The summed E-state index contributed by atoms with van der Waals surface area (Å²) in [7, 11) is 1.29. The molecule has 0 unspecified atom stereocenters. The number of nitro groups is 2. The summed E-state index contributed by atoms with van der Waals surface area (Å²) < 4.78 is 16.8. The van der Waals surface area contributed by atoms with Crippen molar-refractivity contribution in [3.63, 3.8) is 0 Å². The van der Waals surface area contributed by atoms with E-state index < -0.39 is 38.8 Å². The first-order chi connectivity index (χ1) is 19.1. The minimum absolute atomic E-state index is 0.0604. The number of nitrogens with zero attached hydrogens (tertiary/aromatic N) is 2. The van der Waals surface area contributed by atoms with Gasteiger partial charge in [-0.1, -0.05) is 60.7 Å². The number of esters is 2. The SMILES string of the molecule is COC(=O)CC[C@](C)(CCOC(=O)c1cc([N+](=O)[O-])cc([N+](=O)[O-])c1)O[C@H](Cc1ccccc1)c1ccccc1. The number of carbonyl (C=O) groups excluding carboxylic acids is 2. The van der Waals surface area contributed by atoms with Gasteiger partial charge in [-0.05, 0) is 24.5 Å². The number of non-ortho nitro benzene ring substituents is 2. The van der Waals surface area contributed by atoms with E-state index in [9.17, 15) is 29.8 Å². The zero-order valence-electron chi connectivity index (χ0n) is 22.2. The summed E-state index contributed by atoms with van der Waals surface area (Å²) in [6.07, 6.45) is 0.657. The average Bonchev–Trinajstić information content (AvgIpc) is 2.96. The molecule has 3 aromatic rings. The summed E-state index contributed by atoms with van der Waals surface area (Å²) in [6, 6.07) is 22.0. The Kier molecular flexibility index (Phi) is 10.4. The fourth-order valence-electron chi connectivity index (χ4n) is 4.15. The lowest BCUT2D eigenvalue weighted by Crippen LogP contribution is -2.34. The molecule has 0 saturated heterocycles. The van der Waals surface area contributed by atoms with Gasteiger partial charge in [0.05, 0.1) is 46.9 Å². The highest BCUT2D eigenvalue weighted by Gasteiger charge is 2.31. The van der Waals surface area contributed by atoms with Crippen molar-refractivity contribution in [3.05, 3.63) is 116 Å². The van der Waals surface area contributed by atoms with E-state index in [0.717, 1.165) is 29.3 Å². The molecule has 2 atom stereocenters. The molecule has 40 heavy (non-hydrogen) atoms. The van der Waals surface area contributed by atoms with Crippen LogP contribution >= 0.6 is 0 Å². The highest BCUT2D eigenvalue weighted by molar-refractivity contribution is 5.91. The molecule has 0 heterocycles. The minimum atomic E-state index is -0.953. The second-order valence-corrected chi connectivity index (χ2v) is 9.37. The van der Waals surface area contributed by atoms with Crippen molar-refractivity contribution in [2.45, 2.75) is 44.3 Å². The Labute approximate surface area is 231 Å². The van der Waals surface area contributed by atoms with Crippen molar-refractivity contribution in [1.82, 2.24) is 0 Å². The fourth-order valence-corrected chi connectivity index (χ4v) is 4.15. The van der Waals surface area contributed by atoms with E-state index in [1.807, 2.05) is 67.6 Å². The van der Waals surface area contributed by atoms with Crippen molar-refractivity contribution in [2.75, 3.05) is 13.7 Å². The van der Waals surface area contributed by atoms with Crippen LogP contribution in [0.3, 0.4) is 0 Å². The highest BCUT2D eigenvalue weighted by Crippen LogP contribution is 2.33. The van der Waals surface area contributed by atoms with Crippen molar-refractivity contribution in [2.24, 2.45) is 0 Å². The Balaban J connectivity index is 1.80. The maximum absolute atomic E-state index is 12.7. The lowest BCUT2D eigenvalue weighted by Gasteiger charge is -2.34. The third-order valence-electron chi connectivity index (χ3n) is 6.37. The van der Waals surface area contributed by atoms with Crippen LogP contribution in [0.15, 0.2) is 78.9 Å². The van der Waals surface area contributed by atoms with E-state index in [0.29, 0.717) is 6.42 Å². The summed E-state index contributed by atoms with van der Waals surface area (Å²) in [4.78, 5) is 45.4. The monoisotopic (exact) mass is 550 g/mol. The molecule has 0 amide bonds. The highest BCUT2D eigenvalue weighted by atomic mass is 16.6. The largest absolute Gasteiger partial charge is 0.469 e. The molecule has 0 fully saturated rings. The molecule has 0 N–H and O–H groups in total. The first-order valence-electron chi connectivity index (χ1n) is 12.5. The van der Waals surface area contributed by atoms with Gasteiger partial charge in [-0.2, -0.15) is 0 Å². The molecule has 0 spiro atoms. The Bertz CT molecular complexity index is 1300. The molecule has 0 saturated carbocycles. The number of benzene rings is 3. The van der Waals surface area contributed by atoms with Gasteiger partial charge in [0.1, 0.15) is 0 Å². The van der Waals surface area contributed by atoms with Crippen LogP contribution < -0.4 is 0 Å². The lowest BCUT2D eigenvalue weighted by molar-refractivity contribution is -0.394. The third-order valence-corrected chi connectivity index (χ3v) is 6.37. The van der Waals surface area contributed by atoms with Crippen LogP contribution in [-0.4, -0.2) is 41.1 Å². The summed E-state index contributed by atoms with van der Waals surface area (Å²) in [5.74, 6) is -1.37. The van der Waals surface area contributed by atoms with Crippen molar-refractivity contribution >= 4 is 23.3 Å². The van der Waals surface area contributed by atoms with Gasteiger partial charge in [0.15, 0.2) is 0 Å². The van der Waals surface area contributed by atoms with Gasteiger partial charge in [0, 0.05) is 31.4 Å². The Morgan fingerprint density at radius 1 is 0.875 bits per heavy atom. The smallest absolute Gasteiger partial charge is 0.338 e. The topological polar surface area (TPSA) is 148 Å². The molecule has 0 aliphatic heterocycles. The molecule has 0 radical (unpaired) electrons. The molecule has 3 rings (SSSR count). The predicted molar refractivity (Wildman–Crippen MR) is 145 cm³/mol. The molecular formula is C29H30N2O9. The molecule has 210 valence electrons. The van der Waals surface area contributed by atoms with Crippen LogP contribution in [0.4, 0.5) is 11.4 Å². The summed E-state index contributed by atoms with van der Waals surface area (Å²) in [5, 5.41) is 22.3. The number of rotatable bonds is 14. The van der Waals surface area contributed by atoms with E-state index in [-0.39, 0.29) is 37.5 Å². The zero-order valence-corrected chi connectivity index (χ0v) is 22.2. The lowest BCUT2D eigenvalue weighted by atomic mass is 9.93. The average molecular weight is 551 g/mol. The minimum Gasteiger partial charge on any atom is -0.469 e. The number of hydrogen-bond acceptors (Lipinski definition) is 9. The fraction of sp³-hybridized carbons (Fsp3) is 0.310. The normalized spacial score (nSPS) is 13.1. The summed E-state index contributed by atoms with van der Waals surface area (Å²) in [6.45, 7) is 1.64. The Morgan fingerprint density at radius 2 is 1.45 bits per heavy atom. The van der Waals surface area contributed by atoms with Crippen LogP contribution in [0, 0.1) is 20.2 Å². The molecule has 0 bridgehead atoms. The van der Waals surface area contributed by atoms with Gasteiger partial charge in [-0.3, -0.25) is 25.0 Å². The van der Waals surface area contributed by atoms with E-state index >= 15 is 0 Å². The second kappa shape index (κ2) is 13.9. The van der Waals surface area contributed by atoms with Gasteiger partial charge in [-0.25, -0.2) is 4.79 Å². The van der Waals surface area contributed by atoms with Crippen LogP contribution in [0.1, 0.15) is 53.8 Å². The third kappa shape index (κ3) is 8.70. The summed E-state index contributed by atoms with van der Waals surface area (Å²) in [5.41, 5.74) is -0.484. The maximum atomic E-state index is 12.7. The first-order valence-corrected chi connectivity index (χ1v) is 12.5. The van der Waals surface area contributed by atoms with Crippen molar-refractivity contribution in [3.8, 4) is 0 Å². The standard InChI is InChI=1S/C29H30N2O9/c1-29(14-13-27(32)38-2,40-26(22-11-7-4-8-12-22)17-21-9-5-3-6-10-21)15-16-39-28(33)23-18-24(30(34)35)20-25(19-23)31(36)37/h3-12,18-20,26H,13-17H2,1-2H3/t26-,29-/m1/s1. The van der Waals surface area contributed by atoms with Crippen LogP contribution in [0.25, 0.3) is 0 Å². The first kappa shape index (κ1) is 29.9. The number of carbonyl (C=O) groups is 2. The zero-order chi connectivity index (χ0) is 29.1. The summed E-state index contributed by atoms with van der Waals surface area (Å²) >= 11 is 0. The van der Waals surface area contributed by atoms with Gasteiger partial charge in [-0.15, -0.1) is 0 Å². The molecule has 11 heteroatoms. The number of nitro benzene ring substituents is 2. The van der Waals surface area contributed by atoms with Crippen molar-refractivity contribution in [1.29, 1.82) is 0 Å². The van der Waals surface area contributed by atoms with Crippen molar-refractivity contribution < 1.29 is 33.6 Å². The van der Waals surface area contributed by atoms with Gasteiger partial charge in [0.25, 0.3) is 11.4 Å². The molecular weight excluding hydrogens is 520 g/mol. The molecule has 0 aromatic heterocycles. The number of methoxy groups -OCH3 is 1. The van der Waals surface area contributed by atoms with E-state index in [1.165, 1.54) is 7.11 Å². The maximum Gasteiger partial charge on any atom is 0.338 e. The van der Waals surface area contributed by atoms with E-state index in [2.05, 4.69) is 0 Å². The Hall–Kier alpha value is -4.64. The van der Waals surface area contributed by atoms with E-state index in [1.54, 1.807) is 0 Å². The molecule has 0 aliphatic carbocycles. The second-order valence-electron chi connectivity index (χ2n) is 9.37. The van der Waals surface area contributed by atoms with Crippen LogP contribution in [-0.2, 0) is 25.4 Å². The Morgan fingerprint density at radius 3 is 2.00 bits per heavy atom. The van der Waals surface area contributed by atoms with E-state index in [4.69, 9.17) is 14.2 Å². The van der Waals surface area contributed by atoms with Gasteiger partial charge in [0.2, 0.25) is 0 Å². The van der Waals surface area contributed by atoms with Gasteiger partial charge >= 0.3 is 11.9 Å². The molecule has 11 nitrogen and oxygen atoms in total. The number of hydrogen-bond donors (Lipinski definition) is 0. The van der Waals surface area contributed by atoms with Gasteiger partial charge < -0.3 is 14.2 Å². The van der Waals surface area contributed by atoms with Crippen LogP contribution in [0.2, 0.25) is 0 Å².